The molecule has 1 unspecified atom stereocenters. The molecule has 0 aromatic carbocycles. The van der Waals surface area contributed by atoms with Gasteiger partial charge in [0.2, 0.25) is 5.95 Å². The molecule has 0 amide bonds. The zero-order valence-corrected chi connectivity index (χ0v) is 14.7. The van der Waals surface area contributed by atoms with E-state index in [0.29, 0.717) is 12.5 Å². The fourth-order valence-electron chi connectivity index (χ4n) is 3.88. The first kappa shape index (κ1) is 16.5. The number of rotatable bonds is 5. The Kier molecular flexibility index (Phi) is 4.94. The number of aromatic nitrogens is 4. The van der Waals surface area contributed by atoms with Crippen molar-refractivity contribution in [2.45, 2.75) is 31.8 Å². The van der Waals surface area contributed by atoms with Gasteiger partial charge in [0.25, 0.3) is 0 Å². The van der Waals surface area contributed by atoms with Crippen molar-refractivity contribution in [3.8, 4) is 0 Å². The van der Waals surface area contributed by atoms with Crippen LogP contribution in [0, 0.1) is 5.92 Å². The second-order valence-electron chi connectivity index (χ2n) is 6.76. The summed E-state index contributed by atoms with van der Waals surface area (Å²) in [5.41, 5.74) is 2.58. The van der Waals surface area contributed by atoms with Crippen molar-refractivity contribution in [3.63, 3.8) is 0 Å². The SMILES string of the molecule is COCC1c2c(cnn2CC2CCOCC2)CCN1c1ncccn1. The van der Waals surface area contributed by atoms with E-state index in [1.165, 1.54) is 11.3 Å². The number of hydrogen-bond acceptors (Lipinski definition) is 6. The van der Waals surface area contributed by atoms with Crippen LogP contribution in [0.15, 0.2) is 24.7 Å². The Hall–Kier alpha value is -1.99. The van der Waals surface area contributed by atoms with Crippen molar-refractivity contribution in [3.05, 3.63) is 35.9 Å². The molecular weight excluding hydrogens is 318 g/mol. The largest absolute Gasteiger partial charge is 0.382 e. The molecule has 1 atom stereocenters. The lowest BCUT2D eigenvalue weighted by Crippen LogP contribution is -2.40. The van der Waals surface area contributed by atoms with E-state index in [1.807, 2.05) is 12.3 Å². The van der Waals surface area contributed by atoms with Gasteiger partial charge in [0.15, 0.2) is 0 Å². The van der Waals surface area contributed by atoms with Crippen LogP contribution >= 0.6 is 0 Å². The van der Waals surface area contributed by atoms with Crippen LogP contribution < -0.4 is 4.90 Å². The molecule has 2 aromatic heterocycles. The zero-order chi connectivity index (χ0) is 17.1. The molecule has 2 aliphatic heterocycles. The number of ether oxygens (including phenoxy) is 2. The molecule has 0 saturated carbocycles. The van der Waals surface area contributed by atoms with Crippen LogP contribution in [-0.4, -0.2) is 53.2 Å². The average molecular weight is 343 g/mol. The molecule has 25 heavy (non-hydrogen) atoms. The van der Waals surface area contributed by atoms with E-state index in [0.717, 1.165) is 51.5 Å². The summed E-state index contributed by atoms with van der Waals surface area (Å²) in [5, 5.41) is 4.71. The van der Waals surface area contributed by atoms with Gasteiger partial charge in [-0.1, -0.05) is 0 Å². The van der Waals surface area contributed by atoms with E-state index in [1.54, 1.807) is 19.5 Å². The summed E-state index contributed by atoms with van der Waals surface area (Å²) in [6.07, 6.45) is 8.79. The molecule has 7 nitrogen and oxygen atoms in total. The van der Waals surface area contributed by atoms with E-state index in [2.05, 4.69) is 19.5 Å². The average Bonchev–Trinajstić information content (AvgIpc) is 3.07. The third-order valence-corrected chi connectivity index (χ3v) is 5.18. The minimum Gasteiger partial charge on any atom is -0.382 e. The lowest BCUT2D eigenvalue weighted by molar-refractivity contribution is 0.0594. The fraction of sp³-hybridized carbons (Fsp3) is 0.611. The molecule has 0 spiro atoms. The van der Waals surface area contributed by atoms with Gasteiger partial charge in [0, 0.05) is 45.8 Å². The molecule has 0 bridgehead atoms. The van der Waals surface area contributed by atoms with Gasteiger partial charge in [0.05, 0.1) is 24.5 Å². The Bertz CT molecular complexity index is 684. The second-order valence-corrected chi connectivity index (χ2v) is 6.76. The highest BCUT2D eigenvalue weighted by Gasteiger charge is 2.33. The number of methoxy groups -OCH3 is 1. The number of nitrogens with zero attached hydrogens (tertiary/aromatic N) is 5. The van der Waals surface area contributed by atoms with Crippen molar-refractivity contribution in [1.29, 1.82) is 0 Å². The molecule has 0 aliphatic carbocycles. The van der Waals surface area contributed by atoms with Crippen molar-refractivity contribution in [2.24, 2.45) is 5.92 Å². The summed E-state index contributed by atoms with van der Waals surface area (Å²) in [7, 11) is 1.75. The highest BCUT2D eigenvalue weighted by molar-refractivity contribution is 5.40. The van der Waals surface area contributed by atoms with E-state index in [9.17, 15) is 0 Å². The van der Waals surface area contributed by atoms with Gasteiger partial charge in [-0.3, -0.25) is 4.68 Å². The molecule has 7 heteroatoms. The van der Waals surface area contributed by atoms with Crippen LogP contribution in [0.25, 0.3) is 0 Å². The highest BCUT2D eigenvalue weighted by Crippen LogP contribution is 2.33. The van der Waals surface area contributed by atoms with Crippen molar-refractivity contribution < 1.29 is 9.47 Å². The maximum absolute atomic E-state index is 5.55. The zero-order valence-electron chi connectivity index (χ0n) is 14.7. The van der Waals surface area contributed by atoms with Gasteiger partial charge >= 0.3 is 0 Å². The Balaban J connectivity index is 1.63. The van der Waals surface area contributed by atoms with Crippen molar-refractivity contribution in [1.82, 2.24) is 19.7 Å². The number of hydrogen-bond donors (Lipinski definition) is 0. The Morgan fingerprint density at radius 2 is 2.04 bits per heavy atom. The first-order valence-electron chi connectivity index (χ1n) is 9.01. The van der Waals surface area contributed by atoms with Crippen LogP contribution in [-0.2, 0) is 22.4 Å². The summed E-state index contributed by atoms with van der Waals surface area (Å²) in [6, 6.07) is 1.94. The predicted octanol–water partition coefficient (Wildman–Crippen LogP) is 1.85. The number of fused-ring (bicyclic) bond motifs is 1. The fourth-order valence-corrected chi connectivity index (χ4v) is 3.88. The first-order chi connectivity index (χ1) is 12.4. The molecule has 0 N–H and O–H groups in total. The van der Waals surface area contributed by atoms with E-state index in [4.69, 9.17) is 14.6 Å². The highest BCUT2D eigenvalue weighted by atomic mass is 16.5. The van der Waals surface area contributed by atoms with Crippen LogP contribution in [0.3, 0.4) is 0 Å². The minimum atomic E-state index is 0.0958. The minimum absolute atomic E-state index is 0.0958. The van der Waals surface area contributed by atoms with Gasteiger partial charge in [-0.15, -0.1) is 0 Å². The summed E-state index contributed by atoms with van der Waals surface area (Å²) < 4.78 is 13.2. The molecule has 134 valence electrons. The summed E-state index contributed by atoms with van der Waals surface area (Å²) in [4.78, 5) is 11.1. The summed E-state index contributed by atoms with van der Waals surface area (Å²) in [6.45, 7) is 4.15. The van der Waals surface area contributed by atoms with Crippen LogP contribution in [0.1, 0.15) is 30.1 Å². The normalized spacial score (nSPS) is 21.3. The maximum Gasteiger partial charge on any atom is 0.225 e. The molecule has 1 fully saturated rings. The third-order valence-electron chi connectivity index (χ3n) is 5.18. The topological polar surface area (TPSA) is 65.3 Å². The Morgan fingerprint density at radius 3 is 2.80 bits per heavy atom. The quantitative estimate of drug-likeness (QED) is 0.825. The van der Waals surface area contributed by atoms with Gasteiger partial charge in [-0.2, -0.15) is 5.10 Å². The van der Waals surface area contributed by atoms with Crippen LogP contribution in [0.2, 0.25) is 0 Å². The van der Waals surface area contributed by atoms with Crippen molar-refractivity contribution in [2.75, 3.05) is 38.4 Å². The van der Waals surface area contributed by atoms with Gasteiger partial charge in [-0.05, 0) is 36.8 Å². The molecule has 4 rings (SSSR count). The smallest absolute Gasteiger partial charge is 0.225 e. The Morgan fingerprint density at radius 1 is 1.24 bits per heavy atom. The lowest BCUT2D eigenvalue weighted by Gasteiger charge is -2.36. The van der Waals surface area contributed by atoms with Gasteiger partial charge in [-0.25, -0.2) is 9.97 Å². The lowest BCUT2D eigenvalue weighted by atomic mass is 9.98. The maximum atomic E-state index is 5.55. The third kappa shape index (κ3) is 3.39. The Labute approximate surface area is 148 Å². The molecule has 1 saturated heterocycles. The summed E-state index contributed by atoms with van der Waals surface area (Å²) >= 11 is 0. The molecule has 0 radical (unpaired) electrons. The van der Waals surface area contributed by atoms with Crippen molar-refractivity contribution >= 4 is 5.95 Å². The van der Waals surface area contributed by atoms with Gasteiger partial charge in [0.1, 0.15) is 0 Å². The van der Waals surface area contributed by atoms with Crippen LogP contribution in [0.5, 0.6) is 0 Å². The standard InChI is InChI=1S/C18H25N5O2/c1-24-13-16-17-15(3-8-22(16)18-19-6-2-7-20-18)11-21-23(17)12-14-4-9-25-10-5-14/h2,6-7,11,14,16H,3-5,8-10,12-13H2,1H3. The second kappa shape index (κ2) is 7.49. The molecule has 2 aliphatic rings. The van der Waals surface area contributed by atoms with E-state index >= 15 is 0 Å². The molecule has 2 aromatic rings. The first-order valence-corrected chi connectivity index (χ1v) is 9.01. The molecule has 4 heterocycles. The summed E-state index contributed by atoms with van der Waals surface area (Å²) in [5.74, 6) is 1.39. The van der Waals surface area contributed by atoms with E-state index in [-0.39, 0.29) is 6.04 Å². The monoisotopic (exact) mass is 343 g/mol. The van der Waals surface area contributed by atoms with Gasteiger partial charge < -0.3 is 14.4 Å². The number of anilines is 1. The van der Waals surface area contributed by atoms with E-state index < -0.39 is 0 Å². The van der Waals surface area contributed by atoms with Crippen LogP contribution in [0.4, 0.5) is 5.95 Å². The molecular formula is C18H25N5O2. The predicted molar refractivity (Wildman–Crippen MR) is 93.5 cm³/mol.